The zero-order valence-corrected chi connectivity index (χ0v) is 10.0. The summed E-state index contributed by atoms with van der Waals surface area (Å²) in [6.07, 6.45) is 5.89. The first kappa shape index (κ1) is 12.6. The van der Waals surface area contributed by atoms with Gasteiger partial charge in [0.1, 0.15) is 6.34 Å². The molecule has 1 aromatic rings. The maximum atomic E-state index is 8.14. The molecule has 0 aliphatic rings. The minimum atomic E-state index is 0.845. The lowest BCUT2D eigenvalue weighted by Gasteiger charge is -2.00. The average molecular weight is 237 g/mol. The molecule has 0 saturated heterocycles. The van der Waals surface area contributed by atoms with E-state index in [1.165, 1.54) is 6.34 Å². The summed E-state index contributed by atoms with van der Waals surface area (Å²) in [6.45, 7) is 2.88. The molecule has 0 saturated carbocycles. The van der Waals surface area contributed by atoms with Gasteiger partial charge >= 0.3 is 0 Å². The SMILES string of the molecule is Cc1[nH]cnc1CSCCCN/C=N/C#N. The van der Waals surface area contributed by atoms with Gasteiger partial charge in [0.15, 0.2) is 0 Å². The Labute approximate surface area is 99.4 Å². The molecule has 1 rings (SSSR count). The molecule has 0 aliphatic heterocycles. The Hall–Kier alpha value is -1.48. The third-order valence-corrected chi connectivity index (χ3v) is 3.05. The lowest BCUT2D eigenvalue weighted by Crippen LogP contribution is -2.12. The number of H-pyrrole nitrogens is 1. The molecule has 0 radical (unpaired) electrons. The Morgan fingerprint density at radius 3 is 3.31 bits per heavy atom. The first-order valence-electron chi connectivity index (χ1n) is 5.05. The second kappa shape index (κ2) is 7.77. The quantitative estimate of drug-likeness (QED) is 0.325. The first-order valence-corrected chi connectivity index (χ1v) is 6.20. The molecule has 5 nitrogen and oxygen atoms in total. The van der Waals surface area contributed by atoms with Crippen LogP contribution in [0.2, 0.25) is 0 Å². The highest BCUT2D eigenvalue weighted by atomic mass is 32.2. The molecule has 0 unspecified atom stereocenters. The Morgan fingerprint density at radius 1 is 1.75 bits per heavy atom. The summed E-state index contributed by atoms with van der Waals surface area (Å²) in [6, 6.07) is 0. The lowest BCUT2D eigenvalue weighted by atomic mass is 10.4. The van der Waals surface area contributed by atoms with Gasteiger partial charge in [-0.15, -0.1) is 0 Å². The molecule has 0 aromatic carbocycles. The molecule has 1 aromatic heterocycles. The zero-order chi connectivity index (χ0) is 11.6. The van der Waals surface area contributed by atoms with E-state index >= 15 is 0 Å². The van der Waals surface area contributed by atoms with Crippen LogP contribution in [0.25, 0.3) is 0 Å². The fourth-order valence-corrected chi connectivity index (χ4v) is 2.09. The highest BCUT2D eigenvalue weighted by molar-refractivity contribution is 7.98. The van der Waals surface area contributed by atoms with Crippen molar-refractivity contribution in [2.45, 2.75) is 19.1 Å². The van der Waals surface area contributed by atoms with E-state index in [1.807, 2.05) is 18.7 Å². The summed E-state index contributed by atoms with van der Waals surface area (Å²) in [7, 11) is 0. The number of nitriles is 1. The van der Waals surface area contributed by atoms with Crippen molar-refractivity contribution >= 4 is 18.1 Å². The van der Waals surface area contributed by atoms with Gasteiger partial charge in [-0.2, -0.15) is 22.0 Å². The molecule has 0 fully saturated rings. The Balaban J connectivity index is 1.99. The van der Waals surface area contributed by atoms with Crippen LogP contribution in [0.4, 0.5) is 0 Å². The van der Waals surface area contributed by atoms with Crippen molar-refractivity contribution in [3.63, 3.8) is 0 Å². The largest absolute Gasteiger partial charge is 0.375 e. The third kappa shape index (κ3) is 4.84. The Bertz CT molecular complexity index is 366. The number of aromatic nitrogens is 2. The molecule has 0 atom stereocenters. The van der Waals surface area contributed by atoms with Crippen LogP contribution in [0.15, 0.2) is 11.3 Å². The summed E-state index contributed by atoms with van der Waals surface area (Å²) in [5.74, 6) is 2.02. The molecule has 0 bridgehead atoms. The van der Waals surface area contributed by atoms with E-state index in [-0.39, 0.29) is 0 Å². The summed E-state index contributed by atoms with van der Waals surface area (Å²) in [5.41, 5.74) is 2.27. The third-order valence-electron chi connectivity index (χ3n) is 2.00. The van der Waals surface area contributed by atoms with Crippen LogP contribution in [0.3, 0.4) is 0 Å². The number of thioether (sulfide) groups is 1. The number of aromatic amines is 1. The average Bonchev–Trinajstić information content (AvgIpc) is 2.68. The molecule has 86 valence electrons. The molecular formula is C10H15N5S. The molecule has 0 spiro atoms. The molecule has 16 heavy (non-hydrogen) atoms. The fraction of sp³-hybridized carbons (Fsp3) is 0.500. The molecule has 1 heterocycles. The highest BCUT2D eigenvalue weighted by Crippen LogP contribution is 2.12. The predicted molar refractivity (Wildman–Crippen MR) is 66.2 cm³/mol. The second-order valence-corrected chi connectivity index (χ2v) is 4.30. The number of nitrogens with one attached hydrogen (secondary N) is 2. The normalized spacial score (nSPS) is 10.5. The van der Waals surface area contributed by atoms with Crippen molar-refractivity contribution in [1.29, 1.82) is 5.26 Å². The van der Waals surface area contributed by atoms with Crippen LogP contribution in [0.1, 0.15) is 17.8 Å². The zero-order valence-electron chi connectivity index (χ0n) is 9.23. The summed E-state index contributed by atoms with van der Waals surface area (Å²) >= 11 is 1.86. The number of imidazole rings is 1. The van der Waals surface area contributed by atoms with Crippen LogP contribution in [-0.2, 0) is 5.75 Å². The molecule has 0 amide bonds. The maximum Gasteiger partial charge on any atom is 0.207 e. The van der Waals surface area contributed by atoms with Crippen LogP contribution >= 0.6 is 11.8 Å². The maximum absolute atomic E-state index is 8.14. The van der Waals surface area contributed by atoms with E-state index in [2.05, 4.69) is 20.3 Å². The van der Waals surface area contributed by atoms with Gasteiger partial charge in [-0.25, -0.2) is 4.98 Å². The number of aryl methyl sites for hydroxylation is 1. The van der Waals surface area contributed by atoms with E-state index in [1.54, 1.807) is 12.5 Å². The van der Waals surface area contributed by atoms with Crippen molar-refractivity contribution in [3.05, 3.63) is 17.7 Å². The van der Waals surface area contributed by atoms with Gasteiger partial charge in [0.2, 0.25) is 6.19 Å². The summed E-state index contributed by atoms with van der Waals surface area (Å²) in [4.78, 5) is 10.7. The monoisotopic (exact) mass is 237 g/mol. The summed E-state index contributed by atoms with van der Waals surface area (Å²) < 4.78 is 0. The van der Waals surface area contributed by atoms with Crippen LogP contribution in [0, 0.1) is 18.4 Å². The minimum absolute atomic E-state index is 0.845. The van der Waals surface area contributed by atoms with Gasteiger partial charge in [-0.3, -0.25) is 0 Å². The van der Waals surface area contributed by atoms with Gasteiger partial charge in [-0.05, 0) is 19.1 Å². The van der Waals surface area contributed by atoms with Crippen molar-refractivity contribution < 1.29 is 0 Å². The topological polar surface area (TPSA) is 76.9 Å². The number of rotatable bonds is 7. The predicted octanol–water partition coefficient (Wildman–Crippen LogP) is 1.44. The number of aliphatic imine (C=N–C) groups is 1. The number of hydrogen-bond acceptors (Lipinski definition) is 4. The second-order valence-electron chi connectivity index (χ2n) is 3.19. The molecular weight excluding hydrogens is 222 g/mol. The van der Waals surface area contributed by atoms with Gasteiger partial charge < -0.3 is 10.3 Å². The van der Waals surface area contributed by atoms with Crippen molar-refractivity contribution in [2.75, 3.05) is 12.3 Å². The van der Waals surface area contributed by atoms with Gasteiger partial charge in [0.25, 0.3) is 0 Å². The molecule has 0 aliphatic carbocycles. The summed E-state index contributed by atoms with van der Waals surface area (Å²) in [5, 5.41) is 11.1. The van der Waals surface area contributed by atoms with Gasteiger partial charge in [0.05, 0.1) is 12.0 Å². The minimum Gasteiger partial charge on any atom is -0.375 e. The van der Waals surface area contributed by atoms with Crippen molar-refractivity contribution in [3.8, 4) is 6.19 Å². The first-order chi connectivity index (χ1) is 7.84. The van der Waals surface area contributed by atoms with Crippen LogP contribution in [0.5, 0.6) is 0 Å². The highest BCUT2D eigenvalue weighted by Gasteiger charge is 1.99. The van der Waals surface area contributed by atoms with Gasteiger partial charge in [0, 0.05) is 18.0 Å². The van der Waals surface area contributed by atoms with Gasteiger partial charge in [-0.1, -0.05) is 0 Å². The van der Waals surface area contributed by atoms with E-state index in [0.29, 0.717) is 0 Å². The molecule has 2 N–H and O–H groups in total. The lowest BCUT2D eigenvalue weighted by molar-refractivity contribution is 0.859. The number of hydrogen-bond donors (Lipinski definition) is 2. The standard InChI is InChI=1S/C10H15N5S/c1-9-10(15-8-14-9)5-16-4-2-3-12-7-13-6-11/h7-8H,2-5H2,1H3,(H,12,13)(H,14,15). The van der Waals surface area contributed by atoms with Crippen molar-refractivity contribution in [2.24, 2.45) is 4.99 Å². The Kier molecular flexibility index (Phi) is 6.11. The van der Waals surface area contributed by atoms with Crippen LogP contribution in [-0.4, -0.2) is 28.6 Å². The van der Waals surface area contributed by atoms with E-state index < -0.39 is 0 Å². The van der Waals surface area contributed by atoms with Crippen molar-refractivity contribution in [1.82, 2.24) is 15.3 Å². The van der Waals surface area contributed by atoms with E-state index in [9.17, 15) is 0 Å². The Morgan fingerprint density at radius 2 is 2.62 bits per heavy atom. The smallest absolute Gasteiger partial charge is 0.207 e. The van der Waals surface area contributed by atoms with Crippen LogP contribution < -0.4 is 5.32 Å². The fourth-order valence-electron chi connectivity index (χ4n) is 1.12. The van der Waals surface area contributed by atoms with E-state index in [4.69, 9.17) is 5.26 Å². The van der Waals surface area contributed by atoms with E-state index in [0.717, 1.165) is 35.9 Å². The molecule has 6 heteroatoms. The number of nitrogens with zero attached hydrogens (tertiary/aromatic N) is 3.